The molecule has 4 aromatic rings. The van der Waals surface area contributed by atoms with E-state index in [1.165, 1.54) is 38.1 Å². The molecule has 0 saturated carbocycles. The number of hydrogen-bond acceptors (Lipinski definition) is 0. The van der Waals surface area contributed by atoms with E-state index < -0.39 is 0 Å². The lowest BCUT2D eigenvalue weighted by atomic mass is 10.1. The minimum absolute atomic E-state index is 1.23. The normalized spacial score (nSPS) is 12.8. The molecule has 0 spiro atoms. The fourth-order valence-electron chi connectivity index (χ4n) is 3.30. The smallest absolute Gasteiger partial charge is 0.0616 e. The molecule has 1 heteroatoms. The molecule has 0 aliphatic rings. The molecule has 96 valence electrons. The van der Waals surface area contributed by atoms with Gasteiger partial charge in [-0.1, -0.05) is 55.1 Å². The van der Waals surface area contributed by atoms with Crippen molar-refractivity contribution in [1.82, 2.24) is 4.40 Å². The molecule has 2 aromatic heterocycles. The Kier molecular flexibility index (Phi) is 2.25. The van der Waals surface area contributed by atoms with Crippen LogP contribution < -0.4 is 5.22 Å². The third-order valence-corrected chi connectivity index (χ3v) is 4.10. The van der Waals surface area contributed by atoms with Gasteiger partial charge in [0.05, 0.1) is 16.6 Å². The summed E-state index contributed by atoms with van der Waals surface area (Å²) >= 11 is 0. The van der Waals surface area contributed by atoms with Crippen molar-refractivity contribution < 1.29 is 0 Å². The van der Waals surface area contributed by atoms with Crippen LogP contribution >= 0.6 is 0 Å². The van der Waals surface area contributed by atoms with E-state index in [0.717, 1.165) is 0 Å². The minimum Gasteiger partial charge on any atom is -0.308 e. The predicted octanol–water partition coefficient (Wildman–Crippen LogP) is 4.41. The highest BCUT2D eigenvalue weighted by Crippen LogP contribution is 2.30. The molecule has 0 atom stereocenters. The summed E-state index contributed by atoms with van der Waals surface area (Å²) in [7, 11) is 0. The summed E-state index contributed by atoms with van der Waals surface area (Å²) in [5, 5.41) is 3.87. The van der Waals surface area contributed by atoms with Gasteiger partial charge in [-0.2, -0.15) is 0 Å². The molecule has 20 heavy (non-hydrogen) atoms. The molecule has 0 aliphatic carbocycles. The van der Waals surface area contributed by atoms with Crippen LogP contribution in [0.25, 0.3) is 39.5 Å². The Hall–Kier alpha value is -2.54. The number of benzene rings is 2. The summed E-state index contributed by atoms with van der Waals surface area (Å²) in [6, 6.07) is 17.1. The molecular formula is C19H15N. The Morgan fingerprint density at radius 1 is 0.900 bits per heavy atom. The zero-order chi connectivity index (χ0) is 13.7. The Balaban J connectivity index is 2.50. The average Bonchev–Trinajstić information content (AvgIpc) is 2.99. The summed E-state index contributed by atoms with van der Waals surface area (Å²) in [6.45, 7) is 6.13. The zero-order valence-corrected chi connectivity index (χ0v) is 11.4. The van der Waals surface area contributed by atoms with Gasteiger partial charge in [0.25, 0.3) is 0 Å². The van der Waals surface area contributed by atoms with Crippen LogP contribution in [0.15, 0.2) is 55.1 Å². The number of rotatable bonds is 1. The molecule has 0 radical (unpaired) electrons. The van der Waals surface area contributed by atoms with Crippen LogP contribution in [0.2, 0.25) is 0 Å². The Bertz CT molecular complexity index is 1020. The van der Waals surface area contributed by atoms with Crippen molar-refractivity contribution in [2.45, 2.75) is 6.92 Å². The summed E-state index contributed by atoms with van der Waals surface area (Å²) in [6.07, 6.45) is 4.17. The molecular weight excluding hydrogens is 242 g/mol. The molecule has 0 aliphatic heterocycles. The van der Waals surface area contributed by atoms with Crippen molar-refractivity contribution in [1.29, 1.82) is 0 Å². The summed E-state index contributed by atoms with van der Waals surface area (Å²) in [4.78, 5) is 0. The summed E-state index contributed by atoms with van der Waals surface area (Å²) < 4.78 is 2.36. The number of hydrogen-bond donors (Lipinski definition) is 0. The molecule has 0 unspecified atom stereocenters. The van der Waals surface area contributed by atoms with Crippen LogP contribution in [0.5, 0.6) is 0 Å². The molecule has 1 nitrogen and oxygen atoms in total. The Morgan fingerprint density at radius 2 is 1.50 bits per heavy atom. The first-order valence-electron chi connectivity index (χ1n) is 6.89. The standard InChI is InChI=1S/C19H15N/c1-3-13-15-9-5-7-11-17(15)20-18-12-8-6-10-16(18)14(4-2)19(13)20/h3-12H,1H2,2H3/b14-4-. The molecule has 0 saturated heterocycles. The maximum Gasteiger partial charge on any atom is 0.0616 e. The van der Waals surface area contributed by atoms with Gasteiger partial charge in [0.2, 0.25) is 0 Å². The number of nitrogens with zero attached hydrogens (tertiary/aromatic N) is 1. The van der Waals surface area contributed by atoms with E-state index in [2.05, 4.69) is 72.5 Å². The zero-order valence-electron chi connectivity index (χ0n) is 11.4. The maximum absolute atomic E-state index is 4.02. The van der Waals surface area contributed by atoms with Gasteiger partial charge in [0.15, 0.2) is 0 Å². The van der Waals surface area contributed by atoms with Crippen LogP contribution in [-0.2, 0) is 0 Å². The first kappa shape index (κ1) is 11.3. The van der Waals surface area contributed by atoms with Gasteiger partial charge in [-0.3, -0.25) is 0 Å². The van der Waals surface area contributed by atoms with E-state index in [1.54, 1.807) is 0 Å². The van der Waals surface area contributed by atoms with Crippen LogP contribution in [0.1, 0.15) is 12.5 Å². The second-order valence-corrected chi connectivity index (χ2v) is 5.04. The van der Waals surface area contributed by atoms with Crippen LogP contribution in [0, 0.1) is 0 Å². The molecule has 0 bridgehead atoms. The fraction of sp³-hybridized carbons (Fsp3) is 0.0526. The van der Waals surface area contributed by atoms with E-state index >= 15 is 0 Å². The Morgan fingerprint density at radius 3 is 2.15 bits per heavy atom. The molecule has 0 N–H and O–H groups in total. The SMILES string of the molecule is C=Cc1c2ccccc2n2c1/c(=C\C)c1ccccc12. The van der Waals surface area contributed by atoms with E-state index in [9.17, 15) is 0 Å². The fourth-order valence-corrected chi connectivity index (χ4v) is 3.30. The Labute approximate surface area is 117 Å². The lowest BCUT2D eigenvalue weighted by Crippen LogP contribution is -1.97. The van der Waals surface area contributed by atoms with Crippen LogP contribution in [0.3, 0.4) is 0 Å². The highest BCUT2D eigenvalue weighted by Gasteiger charge is 2.15. The largest absolute Gasteiger partial charge is 0.308 e. The monoisotopic (exact) mass is 257 g/mol. The van der Waals surface area contributed by atoms with Gasteiger partial charge in [0, 0.05) is 21.6 Å². The van der Waals surface area contributed by atoms with Gasteiger partial charge >= 0.3 is 0 Å². The second-order valence-electron chi connectivity index (χ2n) is 5.04. The minimum atomic E-state index is 1.23. The third kappa shape index (κ3) is 1.22. The topological polar surface area (TPSA) is 4.41 Å². The predicted molar refractivity (Wildman–Crippen MR) is 87.9 cm³/mol. The first-order chi connectivity index (χ1) is 9.86. The van der Waals surface area contributed by atoms with E-state index in [-0.39, 0.29) is 0 Å². The molecule has 4 rings (SSSR count). The second kappa shape index (κ2) is 3.97. The van der Waals surface area contributed by atoms with Crippen molar-refractivity contribution in [3.63, 3.8) is 0 Å². The van der Waals surface area contributed by atoms with Crippen molar-refractivity contribution in [3.05, 3.63) is 65.9 Å². The molecule has 0 fully saturated rings. The van der Waals surface area contributed by atoms with Crippen molar-refractivity contribution >= 4 is 39.5 Å². The van der Waals surface area contributed by atoms with Crippen molar-refractivity contribution in [2.75, 3.05) is 0 Å². The molecule has 0 amide bonds. The quantitative estimate of drug-likeness (QED) is 0.476. The van der Waals surface area contributed by atoms with E-state index in [1.807, 2.05) is 6.08 Å². The maximum atomic E-state index is 4.02. The molecule has 2 heterocycles. The van der Waals surface area contributed by atoms with Crippen molar-refractivity contribution in [3.8, 4) is 0 Å². The lowest BCUT2D eigenvalue weighted by molar-refractivity contribution is 1.36. The van der Waals surface area contributed by atoms with Crippen molar-refractivity contribution in [2.24, 2.45) is 0 Å². The number of fused-ring (bicyclic) bond motifs is 5. The van der Waals surface area contributed by atoms with Crippen LogP contribution in [0.4, 0.5) is 0 Å². The highest BCUT2D eigenvalue weighted by atomic mass is 14.9. The summed E-state index contributed by atoms with van der Waals surface area (Å²) in [5.41, 5.74) is 5.01. The summed E-state index contributed by atoms with van der Waals surface area (Å²) in [5.74, 6) is 0. The highest BCUT2D eigenvalue weighted by molar-refractivity contribution is 6.05. The average molecular weight is 257 g/mol. The van der Waals surface area contributed by atoms with Crippen LogP contribution in [-0.4, -0.2) is 4.40 Å². The van der Waals surface area contributed by atoms with Gasteiger partial charge in [-0.25, -0.2) is 0 Å². The van der Waals surface area contributed by atoms with Gasteiger partial charge in [-0.05, 0) is 19.1 Å². The van der Waals surface area contributed by atoms with Gasteiger partial charge < -0.3 is 4.40 Å². The van der Waals surface area contributed by atoms with Gasteiger partial charge in [-0.15, -0.1) is 0 Å². The third-order valence-electron chi connectivity index (χ3n) is 4.10. The number of para-hydroxylation sites is 2. The van der Waals surface area contributed by atoms with Gasteiger partial charge in [0.1, 0.15) is 0 Å². The number of aromatic nitrogens is 1. The van der Waals surface area contributed by atoms with E-state index in [4.69, 9.17) is 0 Å². The molecule has 2 aromatic carbocycles. The lowest BCUT2D eigenvalue weighted by Gasteiger charge is -1.95. The van der Waals surface area contributed by atoms with E-state index in [0.29, 0.717) is 0 Å². The first-order valence-corrected chi connectivity index (χ1v) is 6.89.